The summed E-state index contributed by atoms with van der Waals surface area (Å²) in [4.78, 5) is 0. The lowest BCUT2D eigenvalue weighted by Gasteiger charge is -2.12. The Labute approximate surface area is 91.2 Å². The first-order valence-corrected chi connectivity index (χ1v) is 5.41. The third-order valence-electron chi connectivity index (χ3n) is 2.24. The van der Waals surface area contributed by atoms with E-state index in [1.807, 2.05) is 0 Å². The minimum absolute atomic E-state index is 0.238. The molecule has 1 aliphatic heterocycles. The van der Waals surface area contributed by atoms with Crippen LogP contribution in [0.4, 0.5) is 0 Å². The highest BCUT2D eigenvalue weighted by molar-refractivity contribution is 9.10. The maximum atomic E-state index is 9.29. The first-order valence-electron chi connectivity index (χ1n) is 4.61. The van der Waals surface area contributed by atoms with Crippen LogP contribution in [0.15, 0.2) is 22.7 Å². The van der Waals surface area contributed by atoms with Gasteiger partial charge in [-0.15, -0.1) is 0 Å². The van der Waals surface area contributed by atoms with E-state index in [1.54, 1.807) is 18.2 Å². The first-order chi connectivity index (χ1) is 6.75. The van der Waals surface area contributed by atoms with Crippen LogP contribution >= 0.6 is 15.9 Å². The van der Waals surface area contributed by atoms with E-state index in [1.165, 1.54) is 0 Å². The third-order valence-corrected chi connectivity index (χ3v) is 2.87. The van der Waals surface area contributed by atoms with Gasteiger partial charge in [0, 0.05) is 6.54 Å². The predicted octanol–water partition coefficient (Wildman–Crippen LogP) is 1.90. The molecule has 0 saturated carbocycles. The predicted molar refractivity (Wildman–Crippen MR) is 57.7 cm³/mol. The van der Waals surface area contributed by atoms with E-state index in [0.717, 1.165) is 25.3 Å². The van der Waals surface area contributed by atoms with E-state index >= 15 is 0 Å². The van der Waals surface area contributed by atoms with Crippen molar-refractivity contribution >= 4 is 15.9 Å². The zero-order chi connectivity index (χ0) is 9.97. The normalized spacial score (nSPS) is 21.1. The van der Waals surface area contributed by atoms with E-state index in [0.29, 0.717) is 4.47 Å². The van der Waals surface area contributed by atoms with Gasteiger partial charge in [0.15, 0.2) is 0 Å². The standard InChI is InChI=1S/C10H12BrNO2/c11-9-5-7(1-2-10(9)13)14-8-3-4-12-6-8/h1-2,5,8,12-13H,3-4,6H2. The van der Waals surface area contributed by atoms with E-state index in [-0.39, 0.29) is 11.9 Å². The zero-order valence-electron chi connectivity index (χ0n) is 7.66. The summed E-state index contributed by atoms with van der Waals surface area (Å²) >= 11 is 3.25. The van der Waals surface area contributed by atoms with Gasteiger partial charge in [0.1, 0.15) is 17.6 Å². The number of phenols is 1. The summed E-state index contributed by atoms with van der Waals surface area (Å²) in [5.41, 5.74) is 0. The lowest BCUT2D eigenvalue weighted by Crippen LogP contribution is -2.19. The fraction of sp³-hybridized carbons (Fsp3) is 0.400. The second-order valence-electron chi connectivity index (χ2n) is 3.35. The molecule has 76 valence electrons. The molecule has 1 aliphatic rings. The number of hydrogen-bond acceptors (Lipinski definition) is 3. The van der Waals surface area contributed by atoms with Crippen molar-refractivity contribution in [1.82, 2.24) is 5.32 Å². The van der Waals surface area contributed by atoms with Crippen molar-refractivity contribution in [3.05, 3.63) is 22.7 Å². The lowest BCUT2D eigenvalue weighted by molar-refractivity contribution is 0.222. The minimum Gasteiger partial charge on any atom is -0.507 e. The second-order valence-corrected chi connectivity index (χ2v) is 4.20. The Balaban J connectivity index is 2.05. The molecule has 1 aromatic rings. The van der Waals surface area contributed by atoms with Crippen molar-refractivity contribution in [2.24, 2.45) is 0 Å². The van der Waals surface area contributed by atoms with Gasteiger partial charge in [-0.1, -0.05) is 0 Å². The molecule has 1 unspecified atom stereocenters. The summed E-state index contributed by atoms with van der Waals surface area (Å²) in [6, 6.07) is 5.19. The number of ether oxygens (including phenoxy) is 1. The zero-order valence-corrected chi connectivity index (χ0v) is 9.25. The highest BCUT2D eigenvalue weighted by atomic mass is 79.9. The molecule has 2 rings (SSSR count). The Hall–Kier alpha value is -0.740. The number of nitrogens with one attached hydrogen (secondary N) is 1. The SMILES string of the molecule is Oc1ccc(OC2CCNC2)cc1Br. The molecule has 0 aliphatic carbocycles. The average molecular weight is 258 g/mol. The van der Waals surface area contributed by atoms with Gasteiger partial charge >= 0.3 is 0 Å². The Kier molecular flexibility index (Phi) is 2.93. The van der Waals surface area contributed by atoms with E-state index in [4.69, 9.17) is 4.74 Å². The summed E-state index contributed by atoms with van der Waals surface area (Å²) in [6.45, 7) is 1.92. The van der Waals surface area contributed by atoms with Crippen LogP contribution in [0.2, 0.25) is 0 Å². The fourth-order valence-electron chi connectivity index (χ4n) is 1.48. The molecule has 0 amide bonds. The molecule has 3 nitrogen and oxygen atoms in total. The third kappa shape index (κ3) is 2.19. The van der Waals surface area contributed by atoms with Gasteiger partial charge in [0.25, 0.3) is 0 Å². The Morgan fingerprint density at radius 2 is 2.36 bits per heavy atom. The van der Waals surface area contributed by atoms with Gasteiger partial charge in [0.2, 0.25) is 0 Å². The molecule has 1 heterocycles. The topological polar surface area (TPSA) is 41.5 Å². The van der Waals surface area contributed by atoms with Crippen molar-refractivity contribution in [2.45, 2.75) is 12.5 Å². The fourth-order valence-corrected chi connectivity index (χ4v) is 1.84. The maximum absolute atomic E-state index is 9.29. The smallest absolute Gasteiger partial charge is 0.130 e. The van der Waals surface area contributed by atoms with Crippen LogP contribution in [-0.4, -0.2) is 24.3 Å². The average Bonchev–Trinajstić information content (AvgIpc) is 2.64. The largest absolute Gasteiger partial charge is 0.507 e. The second kappa shape index (κ2) is 4.19. The maximum Gasteiger partial charge on any atom is 0.130 e. The first kappa shape index (κ1) is 9.80. The number of halogens is 1. The van der Waals surface area contributed by atoms with Crippen LogP contribution in [0.1, 0.15) is 6.42 Å². The number of phenolic OH excluding ortho intramolecular Hbond substituents is 1. The molecule has 4 heteroatoms. The van der Waals surface area contributed by atoms with Gasteiger partial charge in [-0.25, -0.2) is 0 Å². The van der Waals surface area contributed by atoms with Crippen molar-refractivity contribution in [1.29, 1.82) is 0 Å². The highest BCUT2D eigenvalue weighted by Gasteiger charge is 2.15. The van der Waals surface area contributed by atoms with E-state index in [2.05, 4.69) is 21.2 Å². The van der Waals surface area contributed by atoms with Crippen molar-refractivity contribution in [3.63, 3.8) is 0 Å². The van der Waals surface area contributed by atoms with E-state index in [9.17, 15) is 5.11 Å². The van der Waals surface area contributed by atoms with Crippen LogP contribution in [0.25, 0.3) is 0 Å². The number of hydrogen-bond donors (Lipinski definition) is 2. The Morgan fingerprint density at radius 1 is 1.50 bits per heavy atom. The lowest BCUT2D eigenvalue weighted by atomic mass is 10.3. The molecular formula is C10H12BrNO2. The van der Waals surface area contributed by atoms with Crippen LogP contribution < -0.4 is 10.1 Å². The van der Waals surface area contributed by atoms with Gasteiger partial charge in [-0.05, 0) is 47.1 Å². The number of benzene rings is 1. The summed E-state index contributed by atoms with van der Waals surface area (Å²) in [6.07, 6.45) is 1.30. The summed E-state index contributed by atoms with van der Waals surface area (Å²) in [5, 5.41) is 12.5. The number of aromatic hydroxyl groups is 1. The van der Waals surface area contributed by atoms with Gasteiger partial charge < -0.3 is 15.2 Å². The molecule has 1 aromatic carbocycles. The quantitative estimate of drug-likeness (QED) is 0.851. The van der Waals surface area contributed by atoms with Gasteiger partial charge in [-0.3, -0.25) is 0 Å². The summed E-state index contributed by atoms with van der Waals surface area (Å²) in [7, 11) is 0. The van der Waals surface area contributed by atoms with Crippen molar-refractivity contribution in [3.8, 4) is 11.5 Å². The molecule has 2 N–H and O–H groups in total. The van der Waals surface area contributed by atoms with Crippen LogP contribution in [0, 0.1) is 0 Å². The molecule has 0 spiro atoms. The molecule has 1 atom stereocenters. The molecular weight excluding hydrogens is 246 g/mol. The molecule has 14 heavy (non-hydrogen) atoms. The highest BCUT2D eigenvalue weighted by Crippen LogP contribution is 2.28. The van der Waals surface area contributed by atoms with E-state index < -0.39 is 0 Å². The molecule has 0 aromatic heterocycles. The summed E-state index contributed by atoms with van der Waals surface area (Å²) < 4.78 is 6.38. The van der Waals surface area contributed by atoms with Gasteiger partial charge in [0.05, 0.1) is 4.47 Å². The monoisotopic (exact) mass is 257 g/mol. The molecule has 1 saturated heterocycles. The minimum atomic E-state index is 0.238. The van der Waals surface area contributed by atoms with Crippen LogP contribution in [0.5, 0.6) is 11.5 Å². The van der Waals surface area contributed by atoms with Crippen LogP contribution in [-0.2, 0) is 0 Å². The summed E-state index contributed by atoms with van der Waals surface area (Å²) in [5.74, 6) is 1.03. The Morgan fingerprint density at radius 3 is 3.00 bits per heavy atom. The van der Waals surface area contributed by atoms with Gasteiger partial charge in [-0.2, -0.15) is 0 Å². The number of rotatable bonds is 2. The Bertz CT molecular complexity index is 324. The van der Waals surface area contributed by atoms with Crippen molar-refractivity contribution in [2.75, 3.05) is 13.1 Å². The molecule has 0 bridgehead atoms. The van der Waals surface area contributed by atoms with Crippen molar-refractivity contribution < 1.29 is 9.84 Å². The molecule has 1 fully saturated rings. The van der Waals surface area contributed by atoms with Crippen LogP contribution in [0.3, 0.4) is 0 Å². The molecule has 0 radical (unpaired) electrons.